The molecule has 5 nitrogen and oxygen atoms in total. The molecule has 0 aliphatic heterocycles. The minimum Gasteiger partial charge on any atom is -0.337 e. The number of nitrogens with two attached hydrogens (primary N) is 1. The zero-order valence-corrected chi connectivity index (χ0v) is 11.0. The van der Waals surface area contributed by atoms with Crippen molar-refractivity contribution in [3.8, 4) is 11.5 Å². The van der Waals surface area contributed by atoms with E-state index in [-0.39, 0.29) is 0 Å². The van der Waals surface area contributed by atoms with Gasteiger partial charge in [-0.3, -0.25) is 4.98 Å². The van der Waals surface area contributed by atoms with Gasteiger partial charge in [0.15, 0.2) is 0 Å². The summed E-state index contributed by atoms with van der Waals surface area (Å²) in [6.07, 6.45) is 3.48. The van der Waals surface area contributed by atoms with Gasteiger partial charge in [-0.25, -0.2) is 0 Å². The van der Waals surface area contributed by atoms with Crippen LogP contribution >= 0.6 is 0 Å². The van der Waals surface area contributed by atoms with Crippen LogP contribution in [0.1, 0.15) is 38.1 Å². The summed E-state index contributed by atoms with van der Waals surface area (Å²) in [4.78, 5) is 8.63. The van der Waals surface area contributed by atoms with Crippen molar-refractivity contribution in [2.45, 2.75) is 39.2 Å². The maximum absolute atomic E-state index is 6.16. The maximum atomic E-state index is 6.16. The molecule has 1 atom stereocenters. The van der Waals surface area contributed by atoms with E-state index in [1.54, 1.807) is 6.20 Å². The molecule has 0 radical (unpaired) electrons. The van der Waals surface area contributed by atoms with Crippen LogP contribution in [0.4, 0.5) is 0 Å². The first kappa shape index (κ1) is 12.7. The van der Waals surface area contributed by atoms with Crippen LogP contribution in [0.25, 0.3) is 11.5 Å². The molecular weight excluding hydrogens is 228 g/mol. The van der Waals surface area contributed by atoms with E-state index in [1.165, 1.54) is 0 Å². The minimum atomic E-state index is -0.581. The average Bonchev–Trinajstić information content (AvgIpc) is 2.79. The highest BCUT2D eigenvalue weighted by molar-refractivity contribution is 5.53. The van der Waals surface area contributed by atoms with Crippen molar-refractivity contribution in [2.24, 2.45) is 5.73 Å². The SMILES string of the molecule is CCCC(C)(N)c1nc(-c2ncccc2C)no1. The molecule has 2 aromatic heterocycles. The molecule has 0 aromatic carbocycles. The van der Waals surface area contributed by atoms with Crippen molar-refractivity contribution in [2.75, 3.05) is 0 Å². The van der Waals surface area contributed by atoms with Crippen molar-refractivity contribution in [1.82, 2.24) is 15.1 Å². The molecule has 2 N–H and O–H groups in total. The van der Waals surface area contributed by atoms with Gasteiger partial charge >= 0.3 is 0 Å². The zero-order chi connectivity index (χ0) is 13.2. The van der Waals surface area contributed by atoms with Gasteiger partial charge in [0.25, 0.3) is 0 Å². The van der Waals surface area contributed by atoms with Crippen LogP contribution in [0.3, 0.4) is 0 Å². The Hall–Kier alpha value is -1.75. The van der Waals surface area contributed by atoms with Crippen molar-refractivity contribution in [3.63, 3.8) is 0 Å². The summed E-state index contributed by atoms with van der Waals surface area (Å²) in [5.41, 5.74) is 7.33. The summed E-state index contributed by atoms with van der Waals surface area (Å²) in [7, 11) is 0. The molecule has 18 heavy (non-hydrogen) atoms. The molecule has 0 amide bonds. The van der Waals surface area contributed by atoms with E-state index in [9.17, 15) is 0 Å². The van der Waals surface area contributed by atoms with Gasteiger partial charge in [-0.15, -0.1) is 0 Å². The Labute approximate surface area is 106 Å². The normalized spacial score (nSPS) is 14.4. The third kappa shape index (κ3) is 2.41. The summed E-state index contributed by atoms with van der Waals surface area (Å²) >= 11 is 0. The molecule has 5 heteroatoms. The molecule has 0 saturated heterocycles. The highest BCUT2D eigenvalue weighted by Gasteiger charge is 2.27. The lowest BCUT2D eigenvalue weighted by atomic mass is 9.98. The molecule has 2 aromatic rings. The van der Waals surface area contributed by atoms with E-state index in [1.807, 2.05) is 26.0 Å². The molecule has 0 spiro atoms. The van der Waals surface area contributed by atoms with E-state index < -0.39 is 5.54 Å². The van der Waals surface area contributed by atoms with Gasteiger partial charge in [-0.2, -0.15) is 4.98 Å². The number of aryl methyl sites for hydroxylation is 1. The minimum absolute atomic E-state index is 0.462. The Morgan fingerprint density at radius 2 is 2.22 bits per heavy atom. The smallest absolute Gasteiger partial charge is 0.246 e. The van der Waals surface area contributed by atoms with Crippen LogP contribution in [0.2, 0.25) is 0 Å². The number of aromatic nitrogens is 3. The number of pyridine rings is 1. The lowest BCUT2D eigenvalue weighted by Crippen LogP contribution is -2.33. The Morgan fingerprint density at radius 1 is 1.44 bits per heavy atom. The number of hydrogen-bond donors (Lipinski definition) is 1. The monoisotopic (exact) mass is 246 g/mol. The lowest BCUT2D eigenvalue weighted by molar-refractivity contribution is 0.284. The third-order valence-electron chi connectivity index (χ3n) is 2.91. The highest BCUT2D eigenvalue weighted by Crippen LogP contribution is 2.24. The Balaban J connectivity index is 2.34. The third-order valence-corrected chi connectivity index (χ3v) is 2.91. The summed E-state index contributed by atoms with van der Waals surface area (Å²) in [5.74, 6) is 0.959. The van der Waals surface area contributed by atoms with E-state index in [0.29, 0.717) is 11.7 Å². The molecule has 96 valence electrons. The summed E-state index contributed by atoms with van der Waals surface area (Å²) in [6, 6.07) is 3.84. The number of nitrogens with zero attached hydrogens (tertiary/aromatic N) is 3. The summed E-state index contributed by atoms with van der Waals surface area (Å²) in [5, 5.41) is 3.97. The molecule has 0 bridgehead atoms. The zero-order valence-electron chi connectivity index (χ0n) is 11.0. The second-order valence-electron chi connectivity index (χ2n) is 4.76. The van der Waals surface area contributed by atoms with E-state index in [0.717, 1.165) is 24.1 Å². The Bertz CT molecular complexity index is 533. The first-order chi connectivity index (χ1) is 8.54. The Morgan fingerprint density at radius 3 is 2.89 bits per heavy atom. The van der Waals surface area contributed by atoms with Gasteiger partial charge in [-0.05, 0) is 31.9 Å². The lowest BCUT2D eigenvalue weighted by Gasteiger charge is -2.18. The predicted octanol–water partition coefficient (Wildman–Crippen LogP) is 2.41. The van der Waals surface area contributed by atoms with Gasteiger partial charge in [0, 0.05) is 6.20 Å². The van der Waals surface area contributed by atoms with Gasteiger partial charge in [0.2, 0.25) is 11.7 Å². The number of rotatable bonds is 4. The van der Waals surface area contributed by atoms with Gasteiger partial charge in [0.1, 0.15) is 5.69 Å². The van der Waals surface area contributed by atoms with Gasteiger partial charge in [-0.1, -0.05) is 24.6 Å². The largest absolute Gasteiger partial charge is 0.337 e. The van der Waals surface area contributed by atoms with Crippen LogP contribution in [-0.2, 0) is 5.54 Å². The molecule has 2 rings (SSSR count). The average molecular weight is 246 g/mol. The predicted molar refractivity (Wildman–Crippen MR) is 68.7 cm³/mol. The second-order valence-corrected chi connectivity index (χ2v) is 4.76. The quantitative estimate of drug-likeness (QED) is 0.896. The fraction of sp³-hybridized carbons (Fsp3) is 0.462. The molecule has 0 aliphatic carbocycles. The van der Waals surface area contributed by atoms with Crippen LogP contribution in [0.15, 0.2) is 22.9 Å². The second kappa shape index (κ2) is 4.86. The van der Waals surface area contributed by atoms with Crippen molar-refractivity contribution >= 4 is 0 Å². The molecule has 1 unspecified atom stereocenters. The topological polar surface area (TPSA) is 77.8 Å². The van der Waals surface area contributed by atoms with Gasteiger partial charge < -0.3 is 10.3 Å². The molecule has 0 aliphatic rings. The maximum Gasteiger partial charge on any atom is 0.246 e. The molecule has 0 saturated carbocycles. The molecular formula is C13H18N4O. The first-order valence-electron chi connectivity index (χ1n) is 6.09. The van der Waals surface area contributed by atoms with Crippen LogP contribution in [-0.4, -0.2) is 15.1 Å². The Kier molecular flexibility index (Phi) is 3.43. The van der Waals surface area contributed by atoms with Crippen LogP contribution in [0.5, 0.6) is 0 Å². The van der Waals surface area contributed by atoms with E-state index in [2.05, 4.69) is 22.0 Å². The summed E-state index contributed by atoms with van der Waals surface area (Å²) < 4.78 is 5.27. The first-order valence-corrected chi connectivity index (χ1v) is 6.09. The van der Waals surface area contributed by atoms with Crippen molar-refractivity contribution in [1.29, 1.82) is 0 Å². The summed E-state index contributed by atoms with van der Waals surface area (Å²) in [6.45, 7) is 5.94. The van der Waals surface area contributed by atoms with E-state index >= 15 is 0 Å². The fourth-order valence-electron chi connectivity index (χ4n) is 1.90. The fourth-order valence-corrected chi connectivity index (χ4v) is 1.90. The molecule has 0 fully saturated rings. The highest BCUT2D eigenvalue weighted by atomic mass is 16.5. The van der Waals surface area contributed by atoms with Crippen molar-refractivity contribution < 1.29 is 4.52 Å². The molecule has 2 heterocycles. The number of hydrogen-bond acceptors (Lipinski definition) is 5. The van der Waals surface area contributed by atoms with Crippen LogP contribution < -0.4 is 5.73 Å². The van der Waals surface area contributed by atoms with Crippen LogP contribution in [0, 0.1) is 6.92 Å². The van der Waals surface area contributed by atoms with Gasteiger partial charge in [0.05, 0.1) is 5.54 Å². The van der Waals surface area contributed by atoms with Crippen molar-refractivity contribution in [3.05, 3.63) is 29.8 Å². The standard InChI is InChI=1S/C13H18N4O/c1-4-7-13(3,14)12-16-11(17-18-12)10-9(2)6-5-8-15-10/h5-6,8H,4,7,14H2,1-3H3. The van der Waals surface area contributed by atoms with E-state index in [4.69, 9.17) is 10.3 Å².